The maximum atomic E-state index is 11.9. The summed E-state index contributed by atoms with van der Waals surface area (Å²) in [4.78, 5) is 11.9. The minimum Gasteiger partial charge on any atom is -0.380 e. The second kappa shape index (κ2) is 2.58. The highest BCUT2D eigenvalue weighted by atomic mass is 16.1. The maximum absolute atomic E-state index is 11.9. The minimum absolute atomic E-state index is 0.0729. The summed E-state index contributed by atoms with van der Waals surface area (Å²) in [5.41, 5.74) is 2.78. The van der Waals surface area contributed by atoms with E-state index in [4.69, 9.17) is 0 Å². The molecule has 0 radical (unpaired) electrons. The lowest BCUT2D eigenvalue weighted by molar-refractivity contribution is 0.103. The van der Waals surface area contributed by atoms with Crippen molar-refractivity contribution in [2.75, 3.05) is 0 Å². The summed E-state index contributed by atoms with van der Waals surface area (Å²) < 4.78 is 0. The molecular weight excluding hydrogens is 174 g/mol. The van der Waals surface area contributed by atoms with Crippen LogP contribution in [0, 0.1) is 0 Å². The molecule has 0 saturated heterocycles. The van der Waals surface area contributed by atoms with Gasteiger partial charge in [0.1, 0.15) is 0 Å². The van der Waals surface area contributed by atoms with Crippen LogP contribution in [0.4, 0.5) is 0 Å². The van der Waals surface area contributed by atoms with E-state index in [-0.39, 0.29) is 11.8 Å². The summed E-state index contributed by atoms with van der Waals surface area (Å²) in [6.07, 6.45) is 5.64. The quantitative estimate of drug-likeness (QED) is 0.666. The third-order valence-corrected chi connectivity index (χ3v) is 2.72. The predicted molar refractivity (Wildman–Crippen MR) is 53.9 cm³/mol. The second-order valence-electron chi connectivity index (χ2n) is 3.50. The van der Waals surface area contributed by atoms with Crippen LogP contribution in [-0.4, -0.2) is 5.78 Å². The molecule has 0 saturated carbocycles. The van der Waals surface area contributed by atoms with Crippen LogP contribution in [0.15, 0.2) is 48.2 Å². The molecule has 1 aromatic rings. The van der Waals surface area contributed by atoms with E-state index in [2.05, 4.69) is 5.32 Å². The van der Waals surface area contributed by atoms with Crippen molar-refractivity contribution in [1.29, 1.82) is 0 Å². The first-order valence-corrected chi connectivity index (χ1v) is 4.64. The number of fused-ring (bicyclic) bond motifs is 3. The highest BCUT2D eigenvalue weighted by Crippen LogP contribution is 2.36. The van der Waals surface area contributed by atoms with Crippen molar-refractivity contribution in [1.82, 2.24) is 5.32 Å². The molecule has 1 aliphatic heterocycles. The van der Waals surface area contributed by atoms with Crippen LogP contribution in [-0.2, 0) is 0 Å². The van der Waals surface area contributed by atoms with E-state index >= 15 is 0 Å². The van der Waals surface area contributed by atoms with Gasteiger partial charge >= 0.3 is 0 Å². The number of Topliss-reactive ketones (excluding diaryl/α,β-unsaturated/α-hetero) is 1. The first-order valence-electron chi connectivity index (χ1n) is 4.64. The number of allylic oxidation sites excluding steroid dienone is 2. The Morgan fingerprint density at radius 3 is 3.00 bits per heavy atom. The summed E-state index contributed by atoms with van der Waals surface area (Å²) in [6.45, 7) is 0. The number of rotatable bonds is 0. The Labute approximate surface area is 81.9 Å². The van der Waals surface area contributed by atoms with Crippen molar-refractivity contribution in [3.8, 4) is 0 Å². The molecule has 1 aromatic carbocycles. The Kier molecular flexibility index (Phi) is 1.39. The SMILES string of the molecule is O=C1C2=CC=CNC2c2ccccc21. The van der Waals surface area contributed by atoms with Crippen molar-refractivity contribution < 1.29 is 4.79 Å². The van der Waals surface area contributed by atoms with E-state index in [0.717, 1.165) is 16.7 Å². The summed E-state index contributed by atoms with van der Waals surface area (Å²) in [5.74, 6) is 0.155. The predicted octanol–water partition coefficient (Wildman–Crippen LogP) is 1.97. The molecule has 1 atom stereocenters. The minimum atomic E-state index is 0.0729. The van der Waals surface area contributed by atoms with Crippen molar-refractivity contribution in [3.63, 3.8) is 0 Å². The molecule has 2 aliphatic rings. The number of hydrogen-bond donors (Lipinski definition) is 1. The molecule has 1 N–H and O–H groups in total. The lowest BCUT2D eigenvalue weighted by atomic mass is 10.0. The fourth-order valence-corrected chi connectivity index (χ4v) is 2.06. The third kappa shape index (κ3) is 0.826. The van der Waals surface area contributed by atoms with Crippen LogP contribution in [0.5, 0.6) is 0 Å². The van der Waals surface area contributed by atoms with Gasteiger partial charge in [-0.3, -0.25) is 4.79 Å². The smallest absolute Gasteiger partial charge is 0.191 e. The molecule has 0 fully saturated rings. The van der Waals surface area contributed by atoms with Crippen molar-refractivity contribution in [2.45, 2.75) is 6.04 Å². The van der Waals surface area contributed by atoms with Crippen LogP contribution >= 0.6 is 0 Å². The molecule has 1 aliphatic carbocycles. The second-order valence-corrected chi connectivity index (χ2v) is 3.50. The zero-order valence-corrected chi connectivity index (χ0v) is 7.53. The average molecular weight is 183 g/mol. The van der Waals surface area contributed by atoms with Gasteiger partial charge in [0.05, 0.1) is 6.04 Å². The topological polar surface area (TPSA) is 29.1 Å². The van der Waals surface area contributed by atoms with Gasteiger partial charge in [0.2, 0.25) is 0 Å². The Morgan fingerprint density at radius 2 is 2.07 bits per heavy atom. The molecule has 1 unspecified atom stereocenters. The van der Waals surface area contributed by atoms with Gasteiger partial charge in [0.25, 0.3) is 0 Å². The number of carbonyl (C=O) groups is 1. The zero-order chi connectivity index (χ0) is 9.54. The monoisotopic (exact) mass is 183 g/mol. The van der Waals surface area contributed by atoms with E-state index in [1.807, 2.05) is 42.6 Å². The normalized spacial score (nSPS) is 22.4. The van der Waals surface area contributed by atoms with E-state index in [1.54, 1.807) is 0 Å². The fourth-order valence-electron chi connectivity index (χ4n) is 2.06. The molecule has 14 heavy (non-hydrogen) atoms. The summed E-state index contributed by atoms with van der Waals surface area (Å²) in [7, 11) is 0. The Morgan fingerprint density at radius 1 is 1.21 bits per heavy atom. The van der Waals surface area contributed by atoms with Crippen LogP contribution in [0.25, 0.3) is 0 Å². The maximum Gasteiger partial charge on any atom is 0.191 e. The standard InChI is InChI=1S/C12H9NO/c14-12-9-5-2-1-4-8(9)11-10(12)6-3-7-13-11/h1-7,11,13H. The molecule has 2 heteroatoms. The largest absolute Gasteiger partial charge is 0.380 e. The number of dihydropyridines is 1. The fraction of sp³-hybridized carbons (Fsp3) is 0.0833. The summed E-state index contributed by atoms with van der Waals surface area (Å²) >= 11 is 0. The van der Waals surface area contributed by atoms with Crippen molar-refractivity contribution in [3.05, 3.63) is 59.3 Å². The van der Waals surface area contributed by atoms with Gasteiger partial charge in [-0.2, -0.15) is 0 Å². The van der Waals surface area contributed by atoms with Gasteiger partial charge in [-0.05, 0) is 17.8 Å². The third-order valence-electron chi connectivity index (χ3n) is 2.72. The van der Waals surface area contributed by atoms with E-state index in [1.165, 1.54) is 0 Å². The van der Waals surface area contributed by atoms with Gasteiger partial charge in [-0.1, -0.05) is 30.3 Å². The van der Waals surface area contributed by atoms with Crippen LogP contribution < -0.4 is 5.32 Å². The summed E-state index contributed by atoms with van der Waals surface area (Å²) in [6, 6.07) is 7.84. The van der Waals surface area contributed by atoms with Gasteiger partial charge in [-0.25, -0.2) is 0 Å². The lowest BCUT2D eigenvalue weighted by Gasteiger charge is -2.15. The van der Waals surface area contributed by atoms with Crippen molar-refractivity contribution >= 4 is 5.78 Å². The molecule has 1 heterocycles. The molecule has 0 aromatic heterocycles. The van der Waals surface area contributed by atoms with Crippen LogP contribution in [0.2, 0.25) is 0 Å². The van der Waals surface area contributed by atoms with Crippen LogP contribution in [0.1, 0.15) is 22.0 Å². The zero-order valence-electron chi connectivity index (χ0n) is 7.53. The van der Waals surface area contributed by atoms with E-state index in [0.29, 0.717) is 0 Å². The van der Waals surface area contributed by atoms with Gasteiger partial charge in [0, 0.05) is 11.1 Å². The first kappa shape index (κ1) is 7.56. The van der Waals surface area contributed by atoms with E-state index in [9.17, 15) is 4.79 Å². The highest BCUT2D eigenvalue weighted by Gasteiger charge is 2.33. The molecule has 0 amide bonds. The Bertz CT molecular complexity index is 471. The van der Waals surface area contributed by atoms with Crippen molar-refractivity contribution in [2.24, 2.45) is 0 Å². The van der Waals surface area contributed by atoms with Gasteiger partial charge in [-0.15, -0.1) is 0 Å². The van der Waals surface area contributed by atoms with Gasteiger partial charge < -0.3 is 5.32 Å². The molecule has 0 bridgehead atoms. The highest BCUT2D eigenvalue weighted by molar-refractivity contribution is 6.14. The number of hydrogen-bond acceptors (Lipinski definition) is 2. The number of carbonyl (C=O) groups excluding carboxylic acids is 1. The number of nitrogens with one attached hydrogen (secondary N) is 1. The van der Waals surface area contributed by atoms with E-state index < -0.39 is 0 Å². The molecule has 68 valence electrons. The first-order chi connectivity index (χ1) is 6.88. The Hall–Kier alpha value is -1.83. The summed E-state index contributed by atoms with van der Waals surface area (Å²) in [5, 5.41) is 3.20. The lowest BCUT2D eigenvalue weighted by Crippen LogP contribution is -2.17. The average Bonchev–Trinajstić information content (AvgIpc) is 2.55. The Balaban J connectivity index is 2.24. The molecule has 3 rings (SSSR count). The molecular formula is C12H9NO. The number of ketones is 1. The molecule has 2 nitrogen and oxygen atoms in total. The van der Waals surface area contributed by atoms with Gasteiger partial charge in [0.15, 0.2) is 5.78 Å². The molecule has 0 spiro atoms. The van der Waals surface area contributed by atoms with Crippen LogP contribution in [0.3, 0.4) is 0 Å². The number of benzene rings is 1.